The minimum atomic E-state index is -1.19. The number of rotatable bonds is 21. The molecule has 0 radical (unpaired) electrons. The molecule has 0 aromatic heterocycles. The maximum atomic E-state index is 14.5. The van der Waals surface area contributed by atoms with E-state index in [9.17, 15) is 38.4 Å². The summed E-state index contributed by atoms with van der Waals surface area (Å²) in [7, 11) is 0. The standard InChI is InChI=1S/C55H84N8O11/c1-36(2)31-41(59-45(65)42(32-38-21-15-13-16-22-38)60-46(66)43(33-39-23-17-14-18-24-39)61-51(71)74-54(10,11)12)44(64)58-40(25-19-20-28-56-49(69)72-52(4,5)6)48(68)62-29-26-55(27-30-62)34-63(35-55)47(67)37(3)57-50(70)73-53(7,8)9/h13-18,21-24,36-37,40-43H,19-20,25-35H2,1-12H3,(H,56,69)(H,57,70)(H,58,64)(H,59,65)(H,60,66)(H,61,71). The summed E-state index contributed by atoms with van der Waals surface area (Å²) in [6.45, 7) is 23.1. The number of nitrogens with zero attached hydrogens (tertiary/aromatic N) is 2. The van der Waals surface area contributed by atoms with Gasteiger partial charge in [-0.2, -0.15) is 0 Å². The number of carbonyl (C=O) groups is 8. The van der Waals surface area contributed by atoms with Crippen molar-refractivity contribution in [3.05, 3.63) is 71.8 Å². The fourth-order valence-electron chi connectivity index (χ4n) is 8.80. The highest BCUT2D eigenvalue weighted by Gasteiger charge is 2.48. The summed E-state index contributed by atoms with van der Waals surface area (Å²) < 4.78 is 16.2. The van der Waals surface area contributed by atoms with E-state index in [0.29, 0.717) is 51.9 Å². The summed E-state index contributed by atoms with van der Waals surface area (Å²) in [6.07, 6.45) is 0.723. The van der Waals surface area contributed by atoms with E-state index in [0.717, 1.165) is 11.1 Å². The van der Waals surface area contributed by atoms with Gasteiger partial charge in [0.25, 0.3) is 0 Å². The second-order valence-electron chi connectivity index (χ2n) is 23.2. The fourth-order valence-corrected chi connectivity index (χ4v) is 8.80. The lowest BCUT2D eigenvalue weighted by Gasteiger charge is -2.54. The molecule has 2 aliphatic heterocycles. The average molecular weight is 1030 g/mol. The second-order valence-corrected chi connectivity index (χ2v) is 23.2. The molecular formula is C55H84N8O11. The molecule has 0 aliphatic carbocycles. The van der Waals surface area contributed by atoms with Crippen LogP contribution in [0.15, 0.2) is 60.7 Å². The number of hydrogen-bond acceptors (Lipinski definition) is 11. The van der Waals surface area contributed by atoms with Crippen molar-refractivity contribution in [2.24, 2.45) is 11.3 Å². The summed E-state index contributed by atoms with van der Waals surface area (Å²) in [5.41, 5.74) is -0.934. The molecular weight excluding hydrogens is 949 g/mol. The maximum absolute atomic E-state index is 14.5. The molecule has 2 aliphatic rings. The lowest BCUT2D eigenvalue weighted by atomic mass is 9.71. The molecule has 19 heteroatoms. The minimum absolute atomic E-state index is 0.0573. The number of hydrogen-bond donors (Lipinski definition) is 6. The van der Waals surface area contributed by atoms with Gasteiger partial charge >= 0.3 is 18.3 Å². The molecule has 0 saturated carbocycles. The van der Waals surface area contributed by atoms with Gasteiger partial charge in [-0.3, -0.25) is 24.0 Å². The summed E-state index contributed by atoms with van der Waals surface area (Å²) in [4.78, 5) is 112. The van der Waals surface area contributed by atoms with Gasteiger partial charge in [0.2, 0.25) is 29.5 Å². The monoisotopic (exact) mass is 1030 g/mol. The zero-order valence-electron chi connectivity index (χ0n) is 45.8. The Kier molecular flexibility index (Phi) is 21.7. The van der Waals surface area contributed by atoms with Crippen LogP contribution in [0.1, 0.15) is 133 Å². The van der Waals surface area contributed by atoms with Crippen LogP contribution < -0.4 is 31.9 Å². The first kappa shape index (κ1) is 60.2. The molecule has 0 bridgehead atoms. The van der Waals surface area contributed by atoms with Crippen LogP contribution in [-0.2, 0) is 51.0 Å². The molecule has 1 spiro atoms. The molecule has 4 rings (SSSR count). The topological polar surface area (TPSA) is 243 Å². The molecule has 2 aromatic rings. The first-order valence-electron chi connectivity index (χ1n) is 26.0. The van der Waals surface area contributed by atoms with Crippen molar-refractivity contribution in [3.8, 4) is 0 Å². The smallest absolute Gasteiger partial charge is 0.408 e. The molecule has 19 nitrogen and oxygen atoms in total. The van der Waals surface area contributed by atoms with Crippen LogP contribution in [0.4, 0.5) is 14.4 Å². The number of piperidine rings is 1. The number of ether oxygens (including phenoxy) is 3. The van der Waals surface area contributed by atoms with E-state index in [1.54, 1.807) is 79.0 Å². The van der Waals surface area contributed by atoms with E-state index < -0.39 is 83.0 Å². The highest BCUT2D eigenvalue weighted by molar-refractivity contribution is 5.95. The van der Waals surface area contributed by atoms with E-state index >= 15 is 0 Å². The van der Waals surface area contributed by atoms with Gasteiger partial charge in [-0.1, -0.05) is 74.5 Å². The van der Waals surface area contributed by atoms with Gasteiger partial charge < -0.3 is 55.9 Å². The van der Waals surface area contributed by atoms with E-state index in [2.05, 4.69) is 31.9 Å². The first-order valence-corrected chi connectivity index (χ1v) is 26.0. The zero-order valence-corrected chi connectivity index (χ0v) is 45.8. The normalized spacial score (nSPS) is 16.5. The van der Waals surface area contributed by atoms with Crippen LogP contribution in [0, 0.1) is 11.3 Å². The molecule has 5 unspecified atom stereocenters. The second kappa shape index (κ2) is 26.7. The molecule has 2 aromatic carbocycles. The van der Waals surface area contributed by atoms with Gasteiger partial charge in [0.15, 0.2) is 0 Å². The van der Waals surface area contributed by atoms with Crippen molar-refractivity contribution < 1.29 is 52.6 Å². The Morgan fingerprint density at radius 3 is 1.45 bits per heavy atom. The summed E-state index contributed by atoms with van der Waals surface area (Å²) in [6, 6.07) is 13.0. The third-order valence-corrected chi connectivity index (χ3v) is 12.4. The molecule has 6 N–H and O–H groups in total. The molecule has 74 heavy (non-hydrogen) atoms. The van der Waals surface area contributed by atoms with Crippen molar-refractivity contribution >= 4 is 47.8 Å². The van der Waals surface area contributed by atoms with Crippen molar-refractivity contribution in [3.63, 3.8) is 0 Å². The van der Waals surface area contributed by atoms with Gasteiger partial charge in [0.05, 0.1) is 0 Å². The number of alkyl carbamates (subject to hydrolysis) is 3. The molecule has 410 valence electrons. The SMILES string of the molecule is CC(C)CC(NC(=O)C(Cc1ccccc1)NC(=O)C(Cc1ccccc1)NC(=O)OC(C)(C)C)C(=O)NC(CCCCNC(=O)OC(C)(C)C)C(=O)N1CCC2(CC1)CN(C(=O)C(C)NC(=O)OC(C)(C)C)C2. The van der Waals surface area contributed by atoms with E-state index in [-0.39, 0.29) is 55.4 Å². The molecule has 5 atom stereocenters. The van der Waals surface area contributed by atoms with E-state index in [4.69, 9.17) is 14.2 Å². The third-order valence-electron chi connectivity index (χ3n) is 12.4. The highest BCUT2D eigenvalue weighted by atomic mass is 16.6. The minimum Gasteiger partial charge on any atom is -0.444 e. The van der Waals surface area contributed by atoms with Crippen LogP contribution in [0.25, 0.3) is 0 Å². The number of benzene rings is 2. The largest absolute Gasteiger partial charge is 0.444 e. The van der Waals surface area contributed by atoms with Crippen molar-refractivity contribution in [1.82, 2.24) is 41.7 Å². The lowest BCUT2D eigenvalue weighted by Crippen LogP contribution is -2.65. The van der Waals surface area contributed by atoms with E-state index in [1.807, 2.05) is 74.5 Å². The van der Waals surface area contributed by atoms with Crippen molar-refractivity contribution in [2.45, 2.75) is 181 Å². The van der Waals surface area contributed by atoms with Crippen LogP contribution >= 0.6 is 0 Å². The van der Waals surface area contributed by atoms with Gasteiger partial charge in [-0.05, 0) is 125 Å². The van der Waals surface area contributed by atoms with Gasteiger partial charge in [0.1, 0.15) is 47.0 Å². The third kappa shape index (κ3) is 20.8. The zero-order chi connectivity index (χ0) is 55.0. The fraction of sp³-hybridized carbons (Fsp3) is 0.636. The predicted octanol–water partition coefficient (Wildman–Crippen LogP) is 5.92. The first-order chi connectivity index (χ1) is 34.5. The Bertz CT molecular complexity index is 2210. The van der Waals surface area contributed by atoms with Crippen LogP contribution in [-0.4, -0.2) is 137 Å². The maximum Gasteiger partial charge on any atom is 0.408 e. The van der Waals surface area contributed by atoms with Gasteiger partial charge in [-0.15, -0.1) is 0 Å². The summed E-state index contributed by atoms with van der Waals surface area (Å²) >= 11 is 0. The van der Waals surface area contributed by atoms with Crippen LogP contribution in [0.5, 0.6) is 0 Å². The molecule has 8 amide bonds. The summed E-state index contributed by atoms with van der Waals surface area (Å²) in [5.74, 6) is -2.45. The number of amides is 8. The average Bonchev–Trinajstić information content (AvgIpc) is 3.27. The van der Waals surface area contributed by atoms with Crippen LogP contribution in [0.3, 0.4) is 0 Å². The Morgan fingerprint density at radius 2 is 0.959 bits per heavy atom. The quantitative estimate of drug-likeness (QED) is 0.0633. The molecule has 2 saturated heterocycles. The Balaban J connectivity index is 1.51. The van der Waals surface area contributed by atoms with Gasteiger partial charge in [-0.25, -0.2) is 14.4 Å². The number of carbonyl (C=O) groups excluding carboxylic acids is 8. The highest BCUT2D eigenvalue weighted by Crippen LogP contribution is 2.41. The molecule has 2 heterocycles. The summed E-state index contributed by atoms with van der Waals surface area (Å²) in [5, 5.41) is 16.8. The van der Waals surface area contributed by atoms with Crippen LogP contribution in [0.2, 0.25) is 0 Å². The van der Waals surface area contributed by atoms with Crippen molar-refractivity contribution in [2.75, 3.05) is 32.7 Å². The Labute approximate surface area is 438 Å². The molecule has 2 fully saturated rings. The van der Waals surface area contributed by atoms with E-state index in [1.165, 1.54) is 0 Å². The number of likely N-dealkylation sites (tertiary alicyclic amines) is 2. The van der Waals surface area contributed by atoms with Gasteiger partial charge in [0, 0.05) is 51.0 Å². The Morgan fingerprint density at radius 1 is 0.527 bits per heavy atom. The lowest BCUT2D eigenvalue weighted by molar-refractivity contribution is -0.152. The number of unbranched alkanes of at least 4 members (excludes halogenated alkanes) is 1. The van der Waals surface area contributed by atoms with Crippen molar-refractivity contribution in [1.29, 1.82) is 0 Å². The predicted molar refractivity (Wildman–Crippen MR) is 280 cm³/mol. The Hall–Kier alpha value is -6.40. The number of nitrogens with one attached hydrogen (secondary N) is 6.